The number of amides is 1. The number of aryl methyl sites for hydroxylation is 1. The minimum Gasteiger partial charge on any atom is -0.493 e. The zero-order valence-corrected chi connectivity index (χ0v) is 19.8. The molecule has 0 aliphatic heterocycles. The van der Waals surface area contributed by atoms with Crippen LogP contribution in [0.2, 0.25) is 0 Å². The molecule has 0 spiro atoms. The van der Waals surface area contributed by atoms with Crippen molar-refractivity contribution in [2.75, 3.05) is 26.0 Å². The molecule has 178 valence electrons. The van der Waals surface area contributed by atoms with Crippen LogP contribution in [0.4, 0.5) is 5.69 Å². The fourth-order valence-corrected chi connectivity index (χ4v) is 4.25. The van der Waals surface area contributed by atoms with Gasteiger partial charge in [-0.2, -0.15) is 0 Å². The van der Waals surface area contributed by atoms with Crippen molar-refractivity contribution in [3.63, 3.8) is 0 Å². The van der Waals surface area contributed by atoms with Gasteiger partial charge in [0.1, 0.15) is 0 Å². The van der Waals surface area contributed by atoms with E-state index < -0.39 is 0 Å². The summed E-state index contributed by atoms with van der Waals surface area (Å²) >= 11 is 0. The molecular formula is C26H31N5O3. The lowest BCUT2D eigenvalue weighted by atomic mass is 10.0. The highest BCUT2D eigenvalue weighted by Crippen LogP contribution is 2.24. The second-order valence-electron chi connectivity index (χ2n) is 8.98. The predicted octanol–water partition coefficient (Wildman–Crippen LogP) is 3.46. The lowest BCUT2D eigenvalue weighted by Crippen LogP contribution is -2.17. The van der Waals surface area contributed by atoms with Gasteiger partial charge in [0.15, 0.2) is 0 Å². The maximum Gasteiger partial charge on any atom is 0.328 e. The van der Waals surface area contributed by atoms with Gasteiger partial charge in [-0.3, -0.25) is 9.36 Å². The van der Waals surface area contributed by atoms with E-state index in [-0.39, 0.29) is 24.0 Å². The Balaban J connectivity index is 1.53. The highest BCUT2D eigenvalue weighted by atomic mass is 16.3. The van der Waals surface area contributed by atoms with Gasteiger partial charge >= 0.3 is 5.69 Å². The molecule has 0 saturated carbocycles. The average molecular weight is 462 g/mol. The molecule has 0 saturated heterocycles. The number of aromatic hydroxyl groups is 1. The molecule has 4 rings (SSSR count). The third-order valence-electron chi connectivity index (χ3n) is 5.88. The number of fused-ring (bicyclic) bond motifs is 1. The van der Waals surface area contributed by atoms with Crippen molar-refractivity contribution in [3.8, 4) is 5.88 Å². The molecule has 0 radical (unpaired) electrons. The van der Waals surface area contributed by atoms with Crippen LogP contribution in [0.3, 0.4) is 0 Å². The lowest BCUT2D eigenvalue weighted by Gasteiger charge is -2.09. The molecule has 4 N–H and O–H groups in total. The Labute approximate surface area is 198 Å². The molecule has 0 bridgehead atoms. The highest BCUT2D eigenvalue weighted by Gasteiger charge is 2.15. The number of hydrogen-bond donors (Lipinski definition) is 4. The van der Waals surface area contributed by atoms with E-state index in [2.05, 4.69) is 46.5 Å². The smallest absolute Gasteiger partial charge is 0.328 e. The molecule has 2 aromatic heterocycles. The topological polar surface area (TPSA) is 106 Å². The normalized spacial score (nSPS) is 11.4. The van der Waals surface area contributed by atoms with Gasteiger partial charge in [0.05, 0.1) is 12.2 Å². The third-order valence-corrected chi connectivity index (χ3v) is 5.88. The number of nitrogens with one attached hydrogen (secondary N) is 3. The van der Waals surface area contributed by atoms with Gasteiger partial charge in [0.2, 0.25) is 11.8 Å². The van der Waals surface area contributed by atoms with Crippen molar-refractivity contribution in [3.05, 3.63) is 81.5 Å². The van der Waals surface area contributed by atoms with Crippen molar-refractivity contribution in [1.82, 2.24) is 19.4 Å². The van der Waals surface area contributed by atoms with E-state index in [4.69, 9.17) is 0 Å². The van der Waals surface area contributed by atoms with Crippen LogP contribution in [0, 0.1) is 0 Å². The molecule has 0 unspecified atom stereocenters. The fourth-order valence-electron chi connectivity index (χ4n) is 4.25. The first-order valence-electron chi connectivity index (χ1n) is 11.4. The molecule has 0 atom stereocenters. The Morgan fingerprint density at radius 3 is 2.74 bits per heavy atom. The summed E-state index contributed by atoms with van der Waals surface area (Å²) in [7, 11) is 4.15. The number of carbonyl (C=O) groups excluding carboxylic acids is 1. The van der Waals surface area contributed by atoms with Crippen LogP contribution in [0.15, 0.2) is 53.5 Å². The Morgan fingerprint density at radius 2 is 1.97 bits per heavy atom. The van der Waals surface area contributed by atoms with Crippen molar-refractivity contribution in [2.45, 2.75) is 32.7 Å². The molecule has 8 heteroatoms. The summed E-state index contributed by atoms with van der Waals surface area (Å²) in [6.07, 6.45) is 4.54. The quantitative estimate of drug-likeness (QED) is 0.306. The van der Waals surface area contributed by atoms with E-state index in [0.29, 0.717) is 17.8 Å². The largest absolute Gasteiger partial charge is 0.493 e. The molecule has 2 aromatic carbocycles. The number of nitrogens with zero attached hydrogens (tertiary/aromatic N) is 2. The number of rotatable bonds is 9. The van der Waals surface area contributed by atoms with Crippen LogP contribution >= 0.6 is 0 Å². The van der Waals surface area contributed by atoms with Gasteiger partial charge in [0.25, 0.3) is 0 Å². The predicted molar refractivity (Wildman–Crippen MR) is 135 cm³/mol. The number of hydrogen-bond acceptors (Lipinski definition) is 4. The van der Waals surface area contributed by atoms with E-state index >= 15 is 0 Å². The number of H-pyrrole nitrogens is 2. The number of aromatic nitrogens is 3. The second-order valence-corrected chi connectivity index (χ2v) is 8.98. The summed E-state index contributed by atoms with van der Waals surface area (Å²) < 4.78 is 1.31. The van der Waals surface area contributed by atoms with Gasteiger partial charge in [0, 0.05) is 36.1 Å². The number of carbonyl (C=O) groups is 1. The van der Waals surface area contributed by atoms with Crippen LogP contribution in [0.5, 0.6) is 5.88 Å². The van der Waals surface area contributed by atoms with Crippen molar-refractivity contribution in [1.29, 1.82) is 0 Å². The Kier molecular flexibility index (Phi) is 6.88. The fraction of sp³-hybridized carbons (Fsp3) is 0.308. The van der Waals surface area contributed by atoms with Crippen LogP contribution in [0.25, 0.3) is 10.9 Å². The standard InChI is InChI=1S/C26H31N5O3/c1-17(32)28-21-8-4-6-19(12-21)16-31-25(33)24(29-26(31)34)14-18-9-10-23-22(13-18)20(15-27-23)7-5-11-30(2)3/h4,6,8-10,12-13,15,27,33H,5,7,11,14,16H2,1-3H3,(H,28,32)(H,29,34). The van der Waals surface area contributed by atoms with Crippen LogP contribution in [-0.2, 0) is 24.2 Å². The Bertz CT molecular complexity index is 1360. The molecule has 34 heavy (non-hydrogen) atoms. The summed E-state index contributed by atoms with van der Waals surface area (Å²) in [5.74, 6) is -0.239. The summed E-state index contributed by atoms with van der Waals surface area (Å²) in [5.41, 5.74) is 4.92. The Morgan fingerprint density at radius 1 is 1.15 bits per heavy atom. The zero-order valence-electron chi connectivity index (χ0n) is 19.8. The number of aromatic amines is 2. The summed E-state index contributed by atoms with van der Waals surface area (Å²) in [4.78, 5) is 32.2. The monoisotopic (exact) mass is 461 g/mol. The van der Waals surface area contributed by atoms with Gasteiger partial charge in [-0.05, 0) is 74.4 Å². The van der Waals surface area contributed by atoms with Gasteiger partial charge < -0.3 is 25.3 Å². The maximum atomic E-state index is 12.6. The number of benzene rings is 2. The van der Waals surface area contributed by atoms with Gasteiger partial charge in [-0.25, -0.2) is 4.79 Å². The molecule has 0 aliphatic carbocycles. The molecule has 2 heterocycles. The van der Waals surface area contributed by atoms with Gasteiger partial charge in [-0.15, -0.1) is 0 Å². The van der Waals surface area contributed by atoms with Gasteiger partial charge in [-0.1, -0.05) is 18.2 Å². The zero-order chi connectivity index (χ0) is 24.2. The van der Waals surface area contributed by atoms with Crippen molar-refractivity contribution >= 4 is 22.5 Å². The SMILES string of the molecule is CC(=O)Nc1cccc(Cn2c(O)c(Cc3ccc4[nH]cc(CCCN(C)C)c4c3)[nH]c2=O)c1. The molecule has 1 amide bonds. The van der Waals surface area contributed by atoms with Crippen molar-refractivity contribution < 1.29 is 9.90 Å². The minimum absolute atomic E-state index is 0.0738. The molecule has 0 fully saturated rings. The lowest BCUT2D eigenvalue weighted by molar-refractivity contribution is -0.114. The average Bonchev–Trinajstić information content (AvgIpc) is 3.29. The van der Waals surface area contributed by atoms with Crippen LogP contribution in [-0.4, -0.2) is 51.1 Å². The summed E-state index contributed by atoms with van der Waals surface area (Å²) in [6, 6.07) is 13.4. The molecule has 8 nitrogen and oxygen atoms in total. The molecule has 0 aliphatic rings. The van der Waals surface area contributed by atoms with Crippen LogP contribution in [0.1, 0.15) is 35.7 Å². The highest BCUT2D eigenvalue weighted by molar-refractivity contribution is 5.88. The summed E-state index contributed by atoms with van der Waals surface area (Å²) in [6.45, 7) is 2.67. The van der Waals surface area contributed by atoms with E-state index in [9.17, 15) is 14.7 Å². The van der Waals surface area contributed by atoms with E-state index in [1.54, 1.807) is 18.2 Å². The Hall–Kier alpha value is -3.78. The summed E-state index contributed by atoms with van der Waals surface area (Å²) in [5, 5.41) is 14.7. The second kappa shape index (κ2) is 10.0. The minimum atomic E-state index is -0.371. The van der Waals surface area contributed by atoms with Crippen LogP contribution < -0.4 is 11.0 Å². The first-order chi connectivity index (χ1) is 16.3. The van der Waals surface area contributed by atoms with Crippen molar-refractivity contribution in [2.24, 2.45) is 0 Å². The number of imidazole rings is 1. The first-order valence-corrected chi connectivity index (χ1v) is 11.4. The maximum absolute atomic E-state index is 12.6. The molecule has 4 aromatic rings. The molecular weight excluding hydrogens is 430 g/mol. The first kappa shape index (κ1) is 23.4. The number of anilines is 1. The third kappa shape index (κ3) is 5.40. The van der Waals surface area contributed by atoms with E-state index in [1.165, 1.54) is 22.4 Å². The van der Waals surface area contributed by atoms with E-state index in [0.717, 1.165) is 36.0 Å². The van der Waals surface area contributed by atoms with E-state index in [1.807, 2.05) is 18.2 Å².